The van der Waals surface area contributed by atoms with Crippen molar-refractivity contribution in [3.63, 3.8) is 0 Å². The fourth-order valence-electron chi connectivity index (χ4n) is 4.24. The molecule has 0 aliphatic rings. The first-order valence-electron chi connectivity index (χ1n) is 15.6. The number of carbonyl (C=O) groups is 5. The van der Waals surface area contributed by atoms with Gasteiger partial charge in [-0.1, -0.05) is 0 Å². The largest absolute Gasteiger partial charge is 0.512 e. The first-order chi connectivity index (χ1) is 23.1. The summed E-state index contributed by atoms with van der Waals surface area (Å²) in [6.07, 6.45) is -15.3. The molecule has 0 bridgehead atoms. The third-order valence-electron chi connectivity index (χ3n) is 6.63. The summed E-state index contributed by atoms with van der Waals surface area (Å²) in [5.74, 6) is -7.89. The lowest BCUT2D eigenvalue weighted by atomic mass is 9.95. The molecule has 0 aromatic heterocycles. The summed E-state index contributed by atoms with van der Waals surface area (Å²) in [6.45, 7) is 4.42. The van der Waals surface area contributed by atoms with E-state index >= 15 is 0 Å². The highest BCUT2D eigenvalue weighted by molar-refractivity contribution is 5.82. The van der Waals surface area contributed by atoms with Crippen LogP contribution in [0.2, 0.25) is 0 Å². The van der Waals surface area contributed by atoms with Crippen LogP contribution in [0.1, 0.15) is 73.1 Å². The van der Waals surface area contributed by atoms with E-state index < -0.39 is 153 Å². The maximum atomic E-state index is 12.8. The molecule has 0 spiro atoms. The molecule has 0 heterocycles. The molecule has 0 aromatic carbocycles. The molecule has 10 atom stereocenters. The van der Waals surface area contributed by atoms with Gasteiger partial charge in [-0.2, -0.15) is 0 Å². The van der Waals surface area contributed by atoms with Gasteiger partial charge in [-0.05, 0) is 34.1 Å². The van der Waals surface area contributed by atoms with Crippen LogP contribution in [0.3, 0.4) is 0 Å². The van der Waals surface area contributed by atoms with E-state index in [1.165, 1.54) is 20.8 Å². The number of aliphatic hydroxyl groups excluding tert-OH is 6. The number of ether oxygens (including phenoxy) is 5. The number of esters is 4. The van der Waals surface area contributed by atoms with Crippen molar-refractivity contribution in [1.82, 2.24) is 0 Å². The Bertz CT molecular complexity index is 1140. The third kappa shape index (κ3) is 20.5. The van der Waals surface area contributed by atoms with Crippen LogP contribution in [0.25, 0.3) is 0 Å². The number of rotatable bonds is 25. The highest BCUT2D eigenvalue weighted by Gasteiger charge is 2.39. The number of hydrogen-bond acceptors (Lipinski definition) is 18. The quantitative estimate of drug-likeness (QED) is 0.0116. The van der Waals surface area contributed by atoms with Gasteiger partial charge in [-0.25, -0.2) is 4.79 Å². The van der Waals surface area contributed by atoms with Crippen molar-refractivity contribution in [3.05, 3.63) is 21.9 Å². The Morgan fingerprint density at radius 1 is 0.800 bits per heavy atom. The van der Waals surface area contributed by atoms with E-state index in [4.69, 9.17) is 28.8 Å². The van der Waals surface area contributed by atoms with Crippen LogP contribution < -0.4 is 0 Å². The topological polar surface area (TPSA) is 316 Å². The average Bonchev–Trinajstić information content (AvgIpc) is 2.94. The maximum Gasteiger partial charge on any atom is 0.334 e. The van der Waals surface area contributed by atoms with Crippen molar-refractivity contribution in [2.45, 2.75) is 128 Å². The number of carboxylic acid groups (broad SMARTS) is 1. The number of aliphatic hydroxyl groups is 6. The first kappa shape index (κ1) is 46.0. The molecular weight excluding hydrogens is 678 g/mol. The molecule has 0 fully saturated rings. The summed E-state index contributed by atoms with van der Waals surface area (Å²) in [5.41, 5.74) is 0. The second kappa shape index (κ2) is 23.5. The summed E-state index contributed by atoms with van der Waals surface area (Å²) in [5, 5.41) is 79.6. The van der Waals surface area contributed by atoms with Gasteiger partial charge in [0, 0.05) is 24.7 Å². The van der Waals surface area contributed by atoms with Crippen molar-refractivity contribution in [1.29, 1.82) is 0 Å². The van der Waals surface area contributed by atoms with E-state index in [2.05, 4.69) is 0 Å². The second-order valence-corrected chi connectivity index (χ2v) is 11.8. The molecule has 0 aliphatic carbocycles. The fraction of sp³-hybridized carbons (Fsp3) is 0.767. The molecule has 0 aromatic rings. The fourth-order valence-corrected chi connectivity index (χ4v) is 4.24. The van der Waals surface area contributed by atoms with Gasteiger partial charge < -0.3 is 59.4 Å². The molecular formula is C30H49NO19. The van der Waals surface area contributed by atoms with Crippen molar-refractivity contribution >= 4 is 29.8 Å². The lowest BCUT2D eigenvalue weighted by molar-refractivity contribution is -0.517. The van der Waals surface area contributed by atoms with Gasteiger partial charge in [-0.15, -0.1) is 0 Å². The molecule has 0 rings (SSSR count). The highest BCUT2D eigenvalue weighted by Crippen LogP contribution is 2.22. The molecule has 288 valence electrons. The smallest absolute Gasteiger partial charge is 0.334 e. The first-order valence-corrected chi connectivity index (χ1v) is 15.6. The number of allylic oxidation sites excluding steroid dienone is 1. The molecule has 50 heavy (non-hydrogen) atoms. The molecule has 20 heteroatoms. The maximum absolute atomic E-state index is 12.8. The van der Waals surface area contributed by atoms with Crippen LogP contribution in [0.5, 0.6) is 0 Å². The van der Waals surface area contributed by atoms with E-state index in [9.17, 15) is 64.7 Å². The molecule has 0 radical (unpaired) electrons. The predicted octanol–water partition coefficient (Wildman–Crippen LogP) is -0.728. The van der Waals surface area contributed by atoms with Gasteiger partial charge >= 0.3 is 29.8 Å². The van der Waals surface area contributed by atoms with Crippen LogP contribution in [-0.4, -0.2) is 139 Å². The van der Waals surface area contributed by atoms with E-state index in [0.29, 0.717) is 6.08 Å². The average molecular weight is 728 g/mol. The zero-order valence-corrected chi connectivity index (χ0v) is 28.5. The molecule has 20 nitrogen and oxygen atoms in total. The Hall–Kier alpha value is -3.95. The molecule has 0 saturated heterocycles. The Morgan fingerprint density at radius 2 is 1.42 bits per heavy atom. The minimum Gasteiger partial charge on any atom is -0.512 e. The number of nitro groups is 1. The summed E-state index contributed by atoms with van der Waals surface area (Å²) < 4.78 is 26.6. The number of hydrogen-bond donors (Lipinski definition) is 7. The second-order valence-electron chi connectivity index (χ2n) is 11.8. The van der Waals surface area contributed by atoms with Crippen LogP contribution in [0.4, 0.5) is 0 Å². The lowest BCUT2D eigenvalue weighted by Crippen LogP contribution is -2.49. The van der Waals surface area contributed by atoms with Gasteiger partial charge in [0.25, 0.3) is 0 Å². The van der Waals surface area contributed by atoms with E-state index in [-0.39, 0.29) is 0 Å². The Kier molecular flexibility index (Phi) is 21.6. The Balaban J connectivity index is 6.63. The Labute approximate surface area is 287 Å². The monoisotopic (exact) mass is 727 g/mol. The van der Waals surface area contributed by atoms with Gasteiger partial charge in [-0.3, -0.25) is 29.3 Å². The molecule has 0 aliphatic heterocycles. The van der Waals surface area contributed by atoms with E-state index in [1.807, 2.05) is 0 Å². The van der Waals surface area contributed by atoms with Crippen LogP contribution >= 0.6 is 0 Å². The van der Waals surface area contributed by atoms with E-state index in [0.717, 1.165) is 13.8 Å². The zero-order chi connectivity index (χ0) is 38.7. The minimum absolute atomic E-state index is 0.418. The van der Waals surface area contributed by atoms with Gasteiger partial charge in [0.05, 0.1) is 61.6 Å². The van der Waals surface area contributed by atoms with Crippen molar-refractivity contribution < 1.29 is 88.3 Å². The lowest BCUT2D eigenvalue weighted by Gasteiger charge is -2.34. The summed E-state index contributed by atoms with van der Waals surface area (Å²) in [4.78, 5) is 71.8. The summed E-state index contributed by atoms with van der Waals surface area (Å²) in [6, 6.07) is -1.37. The molecule has 0 saturated carbocycles. The van der Waals surface area contributed by atoms with Crippen molar-refractivity contribution in [3.8, 4) is 0 Å². The molecule has 7 N–H and O–H groups in total. The standard InChI is InChI=1S/C30H49NO19/c1-15(31(44)45)8-25(39)47-14-23(49-27(41)10-17(3)33)29(50-28(42)11-18(4)34)22(48-26(40)9-16(2)32)6-7-46-30(43)21(19(5)35)12-20(36)13-24(37)38/h11,15-17,19-23,26,29,32-36,40H,6-10,12-14H2,1-5H3,(H,37,38)/b18-11-/t15?,16?,17?,19?,20?,21?,22-,23+,26?,29+/m1/s1. The summed E-state index contributed by atoms with van der Waals surface area (Å²) >= 11 is 0. The van der Waals surface area contributed by atoms with Gasteiger partial charge in [0.1, 0.15) is 19.1 Å². The van der Waals surface area contributed by atoms with Gasteiger partial charge in [0.15, 0.2) is 18.5 Å². The van der Waals surface area contributed by atoms with Crippen molar-refractivity contribution in [2.75, 3.05) is 13.2 Å². The van der Waals surface area contributed by atoms with Gasteiger partial charge in [0.2, 0.25) is 6.04 Å². The van der Waals surface area contributed by atoms with Crippen LogP contribution in [0, 0.1) is 16.0 Å². The number of carboxylic acids is 1. The van der Waals surface area contributed by atoms with E-state index in [1.54, 1.807) is 0 Å². The zero-order valence-electron chi connectivity index (χ0n) is 28.5. The Morgan fingerprint density at radius 3 is 1.92 bits per heavy atom. The number of nitrogens with zero attached hydrogens (tertiary/aromatic N) is 1. The molecule has 0 amide bonds. The summed E-state index contributed by atoms with van der Waals surface area (Å²) in [7, 11) is 0. The van der Waals surface area contributed by atoms with Crippen LogP contribution in [-0.2, 0) is 47.7 Å². The number of carbonyl (C=O) groups excluding carboxylic acids is 4. The molecule has 7 unspecified atom stereocenters. The third-order valence-corrected chi connectivity index (χ3v) is 6.63. The van der Waals surface area contributed by atoms with Crippen LogP contribution in [0.15, 0.2) is 11.8 Å². The predicted molar refractivity (Wildman–Crippen MR) is 165 cm³/mol. The minimum atomic E-state index is -1.87. The van der Waals surface area contributed by atoms with Crippen molar-refractivity contribution in [2.24, 2.45) is 5.92 Å². The SMILES string of the molecule is C/C(O)=C/C(=O)O[C@H]([C@H](COC(=O)CC(C)[N+](=O)[O-])OC(=O)CC(C)O)[C@@H](CCOC(=O)C(CC(O)CC(=O)O)C(C)O)OC(O)CC(C)O. The normalized spacial score (nSPS) is 17.8. The number of aliphatic carboxylic acids is 1. The highest BCUT2D eigenvalue weighted by atomic mass is 16.7.